The molecule has 0 bridgehead atoms. The summed E-state index contributed by atoms with van der Waals surface area (Å²) in [6.45, 7) is 3.42. The first-order valence-electron chi connectivity index (χ1n) is 7.91. The molecule has 0 aliphatic carbocycles. The Labute approximate surface area is 152 Å². The molecule has 0 saturated heterocycles. The van der Waals surface area contributed by atoms with E-state index in [1.54, 1.807) is 6.07 Å². The SMILES string of the molecule is Cc1ccc(OCC(O)CNS(=O)(=O)c2ccccc2C(=O)O)c(C)c1. The third-order valence-electron chi connectivity index (χ3n) is 3.68. The van der Waals surface area contributed by atoms with Gasteiger partial charge < -0.3 is 14.9 Å². The molecule has 0 fully saturated rings. The largest absolute Gasteiger partial charge is 0.491 e. The summed E-state index contributed by atoms with van der Waals surface area (Å²) < 4.78 is 32.3. The van der Waals surface area contributed by atoms with Gasteiger partial charge in [-0.2, -0.15) is 0 Å². The number of hydrogen-bond donors (Lipinski definition) is 3. The Kier molecular flexibility index (Phi) is 6.36. The molecule has 2 aromatic rings. The van der Waals surface area contributed by atoms with Gasteiger partial charge in [0.2, 0.25) is 10.0 Å². The van der Waals surface area contributed by atoms with E-state index >= 15 is 0 Å². The number of sulfonamides is 1. The first-order chi connectivity index (χ1) is 12.2. The lowest BCUT2D eigenvalue weighted by atomic mass is 10.1. The second-order valence-electron chi connectivity index (χ2n) is 5.89. The van der Waals surface area contributed by atoms with Crippen LogP contribution in [0.15, 0.2) is 47.4 Å². The Morgan fingerprint density at radius 3 is 2.54 bits per heavy atom. The van der Waals surface area contributed by atoms with Crippen LogP contribution in [0.4, 0.5) is 0 Å². The number of aliphatic hydroxyl groups is 1. The first kappa shape index (κ1) is 19.9. The summed E-state index contributed by atoms with van der Waals surface area (Å²) in [5.74, 6) is -0.738. The molecule has 0 amide bonds. The molecular weight excluding hydrogens is 358 g/mol. The van der Waals surface area contributed by atoms with E-state index in [1.165, 1.54) is 24.3 Å². The average molecular weight is 379 g/mol. The van der Waals surface area contributed by atoms with Crippen molar-refractivity contribution in [2.24, 2.45) is 0 Å². The standard InChI is InChI=1S/C18H21NO6S/c1-12-7-8-16(13(2)9-12)25-11-14(20)10-19-26(23,24)17-6-4-3-5-15(17)18(21)22/h3-9,14,19-20H,10-11H2,1-2H3,(H,21,22). The number of carboxylic acid groups (broad SMARTS) is 1. The van der Waals surface area contributed by atoms with Crippen molar-refractivity contribution in [2.45, 2.75) is 24.8 Å². The summed E-state index contributed by atoms with van der Waals surface area (Å²) >= 11 is 0. The molecule has 26 heavy (non-hydrogen) atoms. The molecule has 0 aliphatic rings. The summed E-state index contributed by atoms with van der Waals surface area (Å²) in [7, 11) is -4.07. The molecule has 8 heteroatoms. The van der Waals surface area contributed by atoms with Crippen LogP contribution in [-0.4, -0.2) is 43.9 Å². The highest BCUT2D eigenvalue weighted by Crippen LogP contribution is 2.19. The van der Waals surface area contributed by atoms with Gasteiger partial charge in [-0.1, -0.05) is 29.8 Å². The van der Waals surface area contributed by atoms with Crippen molar-refractivity contribution in [2.75, 3.05) is 13.2 Å². The topological polar surface area (TPSA) is 113 Å². The fourth-order valence-electron chi connectivity index (χ4n) is 2.37. The van der Waals surface area contributed by atoms with Gasteiger partial charge in [0, 0.05) is 6.54 Å². The highest BCUT2D eigenvalue weighted by molar-refractivity contribution is 7.89. The zero-order chi connectivity index (χ0) is 19.3. The number of hydrogen-bond acceptors (Lipinski definition) is 5. The minimum atomic E-state index is -4.07. The van der Waals surface area contributed by atoms with Crippen LogP contribution in [0.1, 0.15) is 21.5 Å². The van der Waals surface area contributed by atoms with Crippen LogP contribution < -0.4 is 9.46 Å². The Morgan fingerprint density at radius 2 is 1.88 bits per heavy atom. The molecule has 1 atom stereocenters. The monoisotopic (exact) mass is 379 g/mol. The van der Waals surface area contributed by atoms with Gasteiger partial charge in [-0.05, 0) is 37.6 Å². The normalized spacial score (nSPS) is 12.6. The quantitative estimate of drug-likeness (QED) is 0.644. The Hall–Kier alpha value is -2.42. The number of nitrogens with one attached hydrogen (secondary N) is 1. The molecule has 1 unspecified atom stereocenters. The Morgan fingerprint density at radius 1 is 1.19 bits per heavy atom. The van der Waals surface area contributed by atoms with Crippen molar-refractivity contribution in [1.29, 1.82) is 0 Å². The van der Waals surface area contributed by atoms with Gasteiger partial charge in [-0.25, -0.2) is 17.9 Å². The maximum Gasteiger partial charge on any atom is 0.337 e. The molecule has 2 aromatic carbocycles. The summed E-state index contributed by atoms with van der Waals surface area (Å²) in [5.41, 5.74) is 1.66. The van der Waals surface area contributed by atoms with Crippen molar-refractivity contribution >= 4 is 16.0 Å². The maximum absolute atomic E-state index is 12.3. The maximum atomic E-state index is 12.3. The fourth-order valence-corrected chi connectivity index (χ4v) is 3.64. The average Bonchev–Trinajstić information content (AvgIpc) is 2.59. The Bertz CT molecular complexity index is 894. The van der Waals surface area contributed by atoms with Crippen molar-refractivity contribution in [1.82, 2.24) is 4.72 Å². The lowest BCUT2D eigenvalue weighted by Crippen LogP contribution is -2.35. The lowest BCUT2D eigenvalue weighted by molar-refractivity contribution is 0.0692. The van der Waals surface area contributed by atoms with E-state index in [1.807, 2.05) is 26.0 Å². The summed E-state index contributed by atoms with van der Waals surface area (Å²) in [6.07, 6.45) is -1.09. The summed E-state index contributed by atoms with van der Waals surface area (Å²) in [5, 5.41) is 19.1. The van der Waals surface area contributed by atoms with Crippen LogP contribution in [0.3, 0.4) is 0 Å². The minimum absolute atomic E-state index is 0.104. The second kappa shape index (κ2) is 8.31. The molecule has 3 N–H and O–H groups in total. The molecule has 140 valence electrons. The third-order valence-corrected chi connectivity index (χ3v) is 5.16. The number of ether oxygens (including phenoxy) is 1. The van der Waals surface area contributed by atoms with Gasteiger partial charge >= 0.3 is 5.97 Å². The van der Waals surface area contributed by atoms with Crippen LogP contribution in [0.2, 0.25) is 0 Å². The number of aliphatic hydroxyl groups excluding tert-OH is 1. The minimum Gasteiger partial charge on any atom is -0.491 e. The van der Waals surface area contributed by atoms with Crippen LogP contribution in [0.25, 0.3) is 0 Å². The van der Waals surface area contributed by atoms with Crippen LogP contribution >= 0.6 is 0 Å². The van der Waals surface area contributed by atoms with Gasteiger partial charge in [0.25, 0.3) is 0 Å². The third kappa shape index (κ3) is 5.04. The molecule has 2 rings (SSSR count). The molecular formula is C18H21NO6S. The van der Waals surface area contributed by atoms with E-state index < -0.39 is 22.1 Å². The number of carboxylic acids is 1. The number of benzene rings is 2. The molecule has 0 aliphatic heterocycles. The summed E-state index contributed by atoms with van der Waals surface area (Å²) in [4.78, 5) is 10.8. The number of aryl methyl sites for hydroxylation is 2. The van der Waals surface area contributed by atoms with E-state index in [2.05, 4.69) is 4.72 Å². The van der Waals surface area contributed by atoms with Crippen molar-refractivity contribution in [3.8, 4) is 5.75 Å². The molecule has 0 spiro atoms. The zero-order valence-corrected chi connectivity index (χ0v) is 15.3. The number of carbonyl (C=O) groups is 1. The predicted molar refractivity (Wildman–Crippen MR) is 96.0 cm³/mol. The zero-order valence-electron chi connectivity index (χ0n) is 14.5. The predicted octanol–water partition coefficient (Wildman–Crippen LogP) is 1.72. The first-order valence-corrected chi connectivity index (χ1v) is 9.39. The van der Waals surface area contributed by atoms with E-state index in [0.717, 1.165) is 11.1 Å². The van der Waals surface area contributed by atoms with E-state index in [-0.39, 0.29) is 23.6 Å². The van der Waals surface area contributed by atoms with Crippen LogP contribution in [-0.2, 0) is 10.0 Å². The molecule has 0 aromatic heterocycles. The fraction of sp³-hybridized carbons (Fsp3) is 0.278. The van der Waals surface area contributed by atoms with Gasteiger partial charge in [-0.3, -0.25) is 0 Å². The van der Waals surface area contributed by atoms with Crippen LogP contribution in [0.5, 0.6) is 5.75 Å². The second-order valence-corrected chi connectivity index (χ2v) is 7.62. The van der Waals surface area contributed by atoms with E-state index in [9.17, 15) is 18.3 Å². The van der Waals surface area contributed by atoms with E-state index in [0.29, 0.717) is 5.75 Å². The lowest BCUT2D eigenvalue weighted by Gasteiger charge is -2.15. The van der Waals surface area contributed by atoms with Crippen molar-refractivity contribution < 1.29 is 28.2 Å². The molecule has 0 saturated carbocycles. The van der Waals surface area contributed by atoms with Gasteiger partial charge in [0.15, 0.2) is 0 Å². The smallest absolute Gasteiger partial charge is 0.337 e. The van der Waals surface area contributed by atoms with Crippen LogP contribution in [0, 0.1) is 13.8 Å². The highest BCUT2D eigenvalue weighted by atomic mass is 32.2. The van der Waals surface area contributed by atoms with Crippen molar-refractivity contribution in [3.05, 3.63) is 59.2 Å². The summed E-state index contributed by atoms with van der Waals surface area (Å²) in [6, 6.07) is 10.9. The number of rotatable bonds is 8. The molecule has 0 heterocycles. The van der Waals surface area contributed by atoms with E-state index in [4.69, 9.17) is 9.84 Å². The van der Waals surface area contributed by atoms with Gasteiger partial charge in [0.05, 0.1) is 10.5 Å². The molecule has 0 radical (unpaired) electrons. The van der Waals surface area contributed by atoms with Crippen molar-refractivity contribution in [3.63, 3.8) is 0 Å². The Balaban J connectivity index is 1.98. The highest BCUT2D eigenvalue weighted by Gasteiger charge is 2.22. The van der Waals surface area contributed by atoms with Gasteiger partial charge in [0.1, 0.15) is 18.5 Å². The number of aromatic carboxylic acids is 1. The van der Waals surface area contributed by atoms with Gasteiger partial charge in [-0.15, -0.1) is 0 Å². The molecule has 7 nitrogen and oxygen atoms in total.